The molecule has 2 spiro atoms. The van der Waals surface area contributed by atoms with Crippen LogP contribution in [0.3, 0.4) is 0 Å². The number of ether oxygens (including phenoxy) is 1. The first-order chi connectivity index (χ1) is 21.7. The number of hydrogen-bond donors (Lipinski definition) is 2. The van der Waals surface area contributed by atoms with Crippen molar-refractivity contribution in [3.63, 3.8) is 0 Å². The number of aryl methyl sites for hydroxylation is 1. The summed E-state index contributed by atoms with van der Waals surface area (Å²) in [7, 11) is 1.95. The number of alkyl halides is 1. The molecule has 4 heterocycles. The van der Waals surface area contributed by atoms with Crippen molar-refractivity contribution < 1.29 is 13.7 Å². The molecule has 0 bridgehead atoms. The fraction of sp³-hybridized carbons (Fsp3) is 0.588. The van der Waals surface area contributed by atoms with E-state index in [0.717, 1.165) is 86.3 Å². The van der Waals surface area contributed by atoms with Gasteiger partial charge < -0.3 is 25.2 Å². The summed E-state index contributed by atoms with van der Waals surface area (Å²) in [4.78, 5) is 14.4. The molecule has 236 valence electrons. The van der Waals surface area contributed by atoms with Crippen molar-refractivity contribution in [2.24, 2.45) is 0 Å². The molecule has 1 saturated carbocycles. The summed E-state index contributed by atoms with van der Waals surface area (Å²) in [5, 5.41) is 18.5. The van der Waals surface area contributed by atoms with Gasteiger partial charge in [-0.05, 0) is 89.5 Å². The SMILES string of the molecule is C[C@H](Oc1cc(N2C[C@H](C)NC3(CC3)C2)nc(-c2noc3c2CCC[C@@]32CCc3ccc(N)c(C#N)c32)n1)[C@@H]1C[C@@H](F)CN1C. The third-order valence-electron chi connectivity index (χ3n) is 11.0. The lowest BCUT2D eigenvalue weighted by Crippen LogP contribution is -2.57. The number of halogens is 1. The van der Waals surface area contributed by atoms with Gasteiger partial charge in [-0.3, -0.25) is 4.90 Å². The Hall–Kier alpha value is -3.75. The van der Waals surface area contributed by atoms with Gasteiger partial charge in [0.15, 0.2) is 17.3 Å². The molecule has 0 radical (unpaired) electrons. The second-order valence-electron chi connectivity index (χ2n) is 14.2. The van der Waals surface area contributed by atoms with Crippen molar-refractivity contribution in [3.05, 3.63) is 46.2 Å². The molecule has 0 unspecified atom stereocenters. The fourth-order valence-electron chi connectivity index (χ4n) is 8.79. The van der Waals surface area contributed by atoms with Crippen LogP contribution in [0.4, 0.5) is 15.9 Å². The van der Waals surface area contributed by atoms with Crippen LogP contribution >= 0.6 is 0 Å². The number of benzene rings is 1. The minimum absolute atomic E-state index is 0.0420. The molecule has 3 aliphatic carbocycles. The smallest absolute Gasteiger partial charge is 0.219 e. The summed E-state index contributed by atoms with van der Waals surface area (Å²) < 4.78 is 27.0. The first-order valence-electron chi connectivity index (χ1n) is 16.4. The number of hydrogen-bond acceptors (Lipinski definition) is 10. The molecule has 2 saturated heterocycles. The first kappa shape index (κ1) is 28.7. The lowest BCUT2D eigenvalue weighted by atomic mass is 9.68. The summed E-state index contributed by atoms with van der Waals surface area (Å²) >= 11 is 0. The highest BCUT2D eigenvalue weighted by atomic mass is 19.1. The van der Waals surface area contributed by atoms with Gasteiger partial charge in [0.1, 0.15) is 24.2 Å². The normalized spacial score (nSPS) is 29.0. The highest BCUT2D eigenvalue weighted by molar-refractivity contribution is 5.68. The van der Waals surface area contributed by atoms with Gasteiger partial charge in [-0.25, -0.2) is 9.37 Å². The molecule has 10 nitrogen and oxygen atoms in total. The summed E-state index contributed by atoms with van der Waals surface area (Å²) in [6.45, 7) is 6.30. The van der Waals surface area contributed by atoms with Crippen molar-refractivity contribution in [2.45, 2.75) is 101 Å². The van der Waals surface area contributed by atoms with Crippen molar-refractivity contribution in [1.82, 2.24) is 25.3 Å². The van der Waals surface area contributed by atoms with Crippen LogP contribution in [0.5, 0.6) is 5.88 Å². The Morgan fingerprint density at radius 3 is 2.80 bits per heavy atom. The van der Waals surface area contributed by atoms with E-state index in [1.54, 1.807) is 0 Å². The van der Waals surface area contributed by atoms with Gasteiger partial charge in [0, 0.05) is 54.6 Å². The van der Waals surface area contributed by atoms with E-state index in [0.29, 0.717) is 47.7 Å². The number of nitriles is 1. The van der Waals surface area contributed by atoms with Crippen molar-refractivity contribution in [3.8, 4) is 23.5 Å². The van der Waals surface area contributed by atoms with E-state index in [1.165, 1.54) is 0 Å². The van der Waals surface area contributed by atoms with Crippen LogP contribution < -0.4 is 20.7 Å². The monoisotopic (exact) mass is 612 g/mol. The third-order valence-corrected chi connectivity index (χ3v) is 11.0. The second kappa shape index (κ2) is 10.4. The van der Waals surface area contributed by atoms with Gasteiger partial charge in [0.2, 0.25) is 5.88 Å². The number of nitrogen functional groups attached to an aromatic ring is 1. The Morgan fingerprint density at radius 1 is 1.20 bits per heavy atom. The number of likely N-dealkylation sites (N-methyl/N-ethyl adjacent to an activating group) is 1. The maximum Gasteiger partial charge on any atom is 0.219 e. The minimum atomic E-state index is -0.855. The molecular formula is C34H41FN8O2. The molecule has 2 aromatic heterocycles. The average molecular weight is 613 g/mol. The number of nitrogens with two attached hydrogens (primary N) is 1. The Morgan fingerprint density at radius 2 is 2.04 bits per heavy atom. The lowest BCUT2D eigenvalue weighted by molar-refractivity contribution is 0.117. The van der Waals surface area contributed by atoms with E-state index in [-0.39, 0.29) is 17.7 Å². The molecule has 3 fully saturated rings. The quantitative estimate of drug-likeness (QED) is 0.403. The second-order valence-corrected chi connectivity index (χ2v) is 14.2. The van der Waals surface area contributed by atoms with E-state index in [1.807, 2.05) is 31.0 Å². The molecule has 45 heavy (non-hydrogen) atoms. The van der Waals surface area contributed by atoms with E-state index in [2.05, 4.69) is 34.4 Å². The number of aromatic nitrogens is 3. The summed E-state index contributed by atoms with van der Waals surface area (Å²) in [5.74, 6) is 2.55. The molecule has 3 aromatic rings. The molecule has 2 aliphatic heterocycles. The zero-order valence-electron chi connectivity index (χ0n) is 26.3. The van der Waals surface area contributed by atoms with Crippen molar-refractivity contribution in [2.75, 3.05) is 37.3 Å². The number of likely N-dealkylation sites (tertiary alicyclic amines) is 1. The van der Waals surface area contributed by atoms with E-state index in [9.17, 15) is 9.65 Å². The van der Waals surface area contributed by atoms with Crippen LogP contribution in [0.1, 0.15) is 80.4 Å². The topological polar surface area (TPSA) is 129 Å². The van der Waals surface area contributed by atoms with Crippen LogP contribution in [0, 0.1) is 11.3 Å². The predicted octanol–water partition coefficient (Wildman–Crippen LogP) is 4.29. The van der Waals surface area contributed by atoms with Crippen LogP contribution in [0.2, 0.25) is 0 Å². The number of nitrogens with zero attached hydrogens (tertiary/aromatic N) is 6. The molecule has 5 aliphatic rings. The predicted molar refractivity (Wildman–Crippen MR) is 168 cm³/mol. The highest BCUT2D eigenvalue weighted by Gasteiger charge is 2.50. The molecule has 1 aromatic carbocycles. The van der Waals surface area contributed by atoms with Crippen LogP contribution in [0.15, 0.2) is 22.7 Å². The average Bonchev–Trinajstić information content (AvgIpc) is 3.30. The molecule has 8 rings (SSSR count). The zero-order valence-corrected chi connectivity index (χ0v) is 26.3. The molecular weight excluding hydrogens is 571 g/mol. The van der Waals surface area contributed by atoms with Crippen molar-refractivity contribution in [1.29, 1.82) is 5.26 Å². The summed E-state index contributed by atoms with van der Waals surface area (Å²) in [5.41, 5.74) is 10.8. The van der Waals surface area contributed by atoms with E-state index < -0.39 is 11.6 Å². The number of piperazine rings is 1. The fourth-order valence-corrected chi connectivity index (χ4v) is 8.79. The highest BCUT2D eigenvalue weighted by Crippen LogP contribution is 2.54. The number of rotatable bonds is 5. The van der Waals surface area contributed by atoms with Gasteiger partial charge in [-0.1, -0.05) is 11.2 Å². The lowest BCUT2D eigenvalue weighted by Gasteiger charge is -2.39. The maximum absolute atomic E-state index is 14.3. The standard InChI is InChI=1S/C34H41FN8O2/c1-19-16-43(18-33(40-19)11-12-33)27-14-28(44-20(2)26-13-22(35)17-42(26)3)39-32(38-27)30-23-5-4-9-34(31(23)45-41-30)10-8-21-6-7-25(37)24(15-36)29(21)34/h6-7,14,19-20,22,26,40H,4-5,8-13,16-18,37H2,1-3H3/t19-,20-,22+,26-,34-/m0/s1. The van der Waals surface area contributed by atoms with Gasteiger partial charge in [0.05, 0.1) is 11.0 Å². The van der Waals surface area contributed by atoms with Crippen LogP contribution in [-0.4, -0.2) is 76.6 Å². The largest absolute Gasteiger partial charge is 0.473 e. The molecule has 11 heteroatoms. The number of fused-ring (bicyclic) bond motifs is 4. The van der Waals surface area contributed by atoms with Gasteiger partial charge in [0.25, 0.3) is 0 Å². The molecule has 5 atom stereocenters. The Kier molecular flexibility index (Phi) is 6.63. The summed E-state index contributed by atoms with van der Waals surface area (Å²) in [6.07, 6.45) is 5.92. The van der Waals surface area contributed by atoms with E-state index in [4.69, 9.17) is 25.0 Å². The van der Waals surface area contributed by atoms with Crippen molar-refractivity contribution >= 4 is 11.5 Å². The number of anilines is 2. The van der Waals surface area contributed by atoms with Crippen LogP contribution in [-0.2, 0) is 18.3 Å². The third kappa shape index (κ3) is 4.67. The minimum Gasteiger partial charge on any atom is -0.473 e. The van der Waals surface area contributed by atoms with Gasteiger partial charge in [-0.2, -0.15) is 10.2 Å². The van der Waals surface area contributed by atoms with Gasteiger partial charge in [-0.15, -0.1) is 0 Å². The number of nitrogens with one attached hydrogen (secondary N) is 1. The Labute approximate surface area is 263 Å². The summed E-state index contributed by atoms with van der Waals surface area (Å²) in [6, 6.07) is 8.49. The Bertz CT molecular complexity index is 1700. The maximum atomic E-state index is 14.3. The molecule has 3 N–H and O–H groups in total. The zero-order chi connectivity index (χ0) is 31.1. The van der Waals surface area contributed by atoms with Gasteiger partial charge >= 0.3 is 0 Å². The Balaban J connectivity index is 1.21. The van der Waals surface area contributed by atoms with Crippen LogP contribution in [0.25, 0.3) is 11.5 Å². The van der Waals surface area contributed by atoms with E-state index >= 15 is 0 Å². The molecule has 0 amide bonds. The first-order valence-corrected chi connectivity index (χ1v) is 16.4.